The lowest BCUT2D eigenvalue weighted by atomic mass is 9.80. The Bertz CT molecular complexity index is 385. The second-order valence-corrected chi connectivity index (χ2v) is 7.97. The fraction of sp³-hybridized carbons (Fsp3) is 0.538. The van der Waals surface area contributed by atoms with Crippen molar-refractivity contribution in [2.45, 2.75) is 37.0 Å². The van der Waals surface area contributed by atoms with E-state index in [1.807, 2.05) is 0 Å². The minimum absolute atomic E-state index is 0.0121. The van der Waals surface area contributed by atoms with Crippen LogP contribution in [0.25, 0.3) is 0 Å². The number of alkyl halides is 1. The third-order valence-corrected chi connectivity index (χ3v) is 3.53. The van der Waals surface area contributed by atoms with Crippen LogP contribution in [0.15, 0.2) is 12.1 Å². The van der Waals surface area contributed by atoms with Gasteiger partial charge in [-0.05, 0) is 23.6 Å². The van der Waals surface area contributed by atoms with Crippen LogP contribution in [0.4, 0.5) is 0 Å². The molecule has 1 atom stereocenters. The summed E-state index contributed by atoms with van der Waals surface area (Å²) in [4.78, 5) is 0. The van der Waals surface area contributed by atoms with Crippen molar-refractivity contribution in [1.29, 1.82) is 0 Å². The smallest absolute Gasteiger partial charge is 0.200 e. The summed E-state index contributed by atoms with van der Waals surface area (Å²) in [5.41, 5.74) is 0.840. The van der Waals surface area contributed by atoms with Gasteiger partial charge in [-0.25, -0.2) is 0 Å². The topological polar surface area (TPSA) is 60.7 Å². The maximum Gasteiger partial charge on any atom is 0.200 e. The molecule has 0 radical (unpaired) electrons. The Kier molecular flexibility index (Phi) is 4.17. The lowest BCUT2D eigenvalue weighted by Gasteiger charge is -2.33. The number of hydrogen-bond donors (Lipinski definition) is 3. The average Bonchev–Trinajstić information content (AvgIpc) is 2.10. The molecule has 4 heteroatoms. The van der Waals surface area contributed by atoms with Gasteiger partial charge in [0.15, 0.2) is 17.2 Å². The van der Waals surface area contributed by atoms with Crippen molar-refractivity contribution in [3.63, 3.8) is 0 Å². The molecule has 0 amide bonds. The Hall–Kier alpha value is -0.650. The summed E-state index contributed by atoms with van der Waals surface area (Å²) in [5, 5.41) is 28.5. The molecular weight excluding hydrogens is 331 g/mol. The second-order valence-electron chi connectivity index (χ2n) is 5.19. The molecule has 1 unspecified atom stereocenters. The van der Waals surface area contributed by atoms with Gasteiger partial charge in [0.05, 0.1) is 0 Å². The van der Waals surface area contributed by atoms with E-state index in [0.29, 0.717) is 5.92 Å². The number of benzene rings is 1. The normalized spacial score (nSPS) is 14.0. The third-order valence-electron chi connectivity index (χ3n) is 2.86. The van der Waals surface area contributed by atoms with Gasteiger partial charge in [-0.2, -0.15) is 0 Å². The first kappa shape index (κ1) is 14.4. The second kappa shape index (κ2) is 4.92. The van der Waals surface area contributed by atoms with Crippen LogP contribution in [0, 0.1) is 5.92 Å². The minimum atomic E-state index is -0.456. The Morgan fingerprint density at radius 3 is 1.76 bits per heavy atom. The molecule has 1 aromatic carbocycles. The molecule has 0 saturated heterocycles. The fourth-order valence-corrected chi connectivity index (χ4v) is 3.46. The zero-order chi connectivity index (χ0) is 13.4. The molecule has 0 aliphatic rings. The molecule has 0 saturated carbocycles. The molecule has 0 aliphatic heterocycles. The maximum absolute atomic E-state index is 9.56. The highest BCUT2D eigenvalue weighted by molar-refractivity contribution is 14.1. The zero-order valence-corrected chi connectivity index (χ0v) is 12.7. The van der Waals surface area contributed by atoms with Gasteiger partial charge in [0.2, 0.25) is 0 Å². The third kappa shape index (κ3) is 3.18. The van der Waals surface area contributed by atoms with Gasteiger partial charge in [-0.1, -0.05) is 50.3 Å². The summed E-state index contributed by atoms with van der Waals surface area (Å²) in [6, 6.07) is 3.06. The first-order chi connectivity index (χ1) is 7.64. The van der Waals surface area contributed by atoms with E-state index in [4.69, 9.17) is 0 Å². The maximum atomic E-state index is 9.56. The van der Waals surface area contributed by atoms with Crippen LogP contribution >= 0.6 is 22.6 Å². The highest BCUT2D eigenvalue weighted by Gasteiger charge is 2.31. The fourth-order valence-electron chi connectivity index (χ4n) is 2.38. The Morgan fingerprint density at radius 1 is 1.06 bits per heavy atom. The van der Waals surface area contributed by atoms with Crippen molar-refractivity contribution in [3.05, 3.63) is 17.7 Å². The molecule has 0 spiro atoms. The van der Waals surface area contributed by atoms with Crippen molar-refractivity contribution in [2.24, 2.45) is 5.92 Å². The number of phenolic OH excluding ortho intramolecular Hbond substituents is 3. The van der Waals surface area contributed by atoms with Crippen LogP contribution < -0.4 is 0 Å². The molecule has 96 valence electrons. The number of rotatable bonds is 3. The van der Waals surface area contributed by atoms with Gasteiger partial charge in [-0.15, -0.1) is 0 Å². The lowest BCUT2D eigenvalue weighted by molar-refractivity contribution is 0.363. The van der Waals surface area contributed by atoms with E-state index in [2.05, 4.69) is 50.3 Å². The molecule has 0 heterocycles. The first-order valence-corrected chi connectivity index (χ1v) is 6.66. The van der Waals surface area contributed by atoms with Crippen LogP contribution in [0.3, 0.4) is 0 Å². The molecule has 0 aliphatic carbocycles. The highest BCUT2D eigenvalue weighted by atomic mass is 127. The molecule has 0 bridgehead atoms. The van der Waals surface area contributed by atoms with Crippen LogP contribution in [0.2, 0.25) is 0 Å². The van der Waals surface area contributed by atoms with Gasteiger partial charge < -0.3 is 15.3 Å². The predicted molar refractivity (Wildman–Crippen MR) is 77.1 cm³/mol. The van der Waals surface area contributed by atoms with E-state index >= 15 is 0 Å². The summed E-state index contributed by atoms with van der Waals surface area (Å²) >= 11 is 2.36. The van der Waals surface area contributed by atoms with Crippen molar-refractivity contribution >= 4 is 22.6 Å². The van der Waals surface area contributed by atoms with Crippen molar-refractivity contribution in [1.82, 2.24) is 0 Å². The van der Waals surface area contributed by atoms with E-state index in [1.165, 1.54) is 12.1 Å². The monoisotopic (exact) mass is 350 g/mol. The predicted octanol–water partition coefficient (Wildman–Crippen LogP) is 3.76. The molecule has 0 fully saturated rings. The van der Waals surface area contributed by atoms with E-state index < -0.39 is 5.75 Å². The standard InChI is InChI=1S/C13H19IO3/c1-7(2)11(13(3,4)14)8-5-9(15)12(17)10(16)6-8/h5-7,11,15-17H,1-4H3. The summed E-state index contributed by atoms with van der Waals surface area (Å²) < 4.78 is -0.0121. The quantitative estimate of drug-likeness (QED) is 0.442. The molecular formula is C13H19IO3. The van der Waals surface area contributed by atoms with Crippen molar-refractivity contribution < 1.29 is 15.3 Å². The Labute approximate surface area is 116 Å². The minimum Gasteiger partial charge on any atom is -0.504 e. The number of halogens is 1. The number of hydrogen-bond acceptors (Lipinski definition) is 3. The molecule has 17 heavy (non-hydrogen) atoms. The largest absolute Gasteiger partial charge is 0.504 e. The van der Waals surface area contributed by atoms with Crippen LogP contribution in [-0.4, -0.2) is 18.7 Å². The van der Waals surface area contributed by atoms with Crippen LogP contribution in [0.1, 0.15) is 39.2 Å². The Morgan fingerprint density at radius 2 is 1.47 bits per heavy atom. The SMILES string of the molecule is CC(C)C(c1cc(O)c(O)c(O)c1)C(C)(C)I. The van der Waals surface area contributed by atoms with E-state index in [0.717, 1.165) is 5.56 Å². The summed E-state index contributed by atoms with van der Waals surface area (Å²) in [7, 11) is 0. The summed E-state index contributed by atoms with van der Waals surface area (Å²) in [5.74, 6) is -0.453. The highest BCUT2D eigenvalue weighted by Crippen LogP contribution is 2.45. The van der Waals surface area contributed by atoms with Crippen LogP contribution in [-0.2, 0) is 0 Å². The van der Waals surface area contributed by atoms with E-state index in [9.17, 15) is 15.3 Å². The summed E-state index contributed by atoms with van der Waals surface area (Å²) in [6.07, 6.45) is 0. The molecule has 0 aromatic heterocycles. The zero-order valence-electron chi connectivity index (χ0n) is 10.5. The average molecular weight is 350 g/mol. The van der Waals surface area contributed by atoms with Crippen molar-refractivity contribution in [2.75, 3.05) is 0 Å². The first-order valence-electron chi connectivity index (χ1n) is 5.58. The van der Waals surface area contributed by atoms with E-state index in [-0.39, 0.29) is 20.8 Å². The number of phenols is 3. The Balaban J connectivity index is 3.30. The van der Waals surface area contributed by atoms with Gasteiger partial charge in [-0.3, -0.25) is 0 Å². The van der Waals surface area contributed by atoms with Gasteiger partial charge >= 0.3 is 0 Å². The lowest BCUT2D eigenvalue weighted by Crippen LogP contribution is -2.26. The van der Waals surface area contributed by atoms with Crippen LogP contribution in [0.5, 0.6) is 17.2 Å². The number of aromatic hydroxyl groups is 3. The summed E-state index contributed by atoms with van der Waals surface area (Å²) in [6.45, 7) is 8.43. The molecule has 3 N–H and O–H groups in total. The molecule has 3 nitrogen and oxygen atoms in total. The van der Waals surface area contributed by atoms with Gasteiger partial charge in [0, 0.05) is 9.34 Å². The van der Waals surface area contributed by atoms with E-state index in [1.54, 1.807) is 0 Å². The van der Waals surface area contributed by atoms with Gasteiger partial charge in [0.25, 0.3) is 0 Å². The van der Waals surface area contributed by atoms with Crippen molar-refractivity contribution in [3.8, 4) is 17.2 Å². The molecule has 1 rings (SSSR count). The molecule has 1 aromatic rings. The van der Waals surface area contributed by atoms with Gasteiger partial charge in [0.1, 0.15) is 0 Å².